The van der Waals surface area contributed by atoms with E-state index >= 15 is 0 Å². The van der Waals surface area contributed by atoms with E-state index in [9.17, 15) is 10.1 Å². The van der Waals surface area contributed by atoms with E-state index in [-0.39, 0.29) is 5.96 Å². The maximum Gasteiger partial charge on any atom is 0.269 e. The molecule has 0 radical (unpaired) electrons. The Morgan fingerprint density at radius 3 is 3.00 bits per heavy atom. The third-order valence-electron chi connectivity index (χ3n) is 2.76. The number of nitro groups is 1. The summed E-state index contributed by atoms with van der Waals surface area (Å²) in [4.78, 5) is 18.0. The normalized spacial score (nSPS) is 16.9. The van der Waals surface area contributed by atoms with E-state index in [2.05, 4.69) is 15.0 Å². The van der Waals surface area contributed by atoms with Crippen molar-refractivity contribution in [1.82, 2.24) is 14.8 Å². The number of hydrogen-bond donors (Lipinski definition) is 1. The fourth-order valence-corrected chi connectivity index (χ4v) is 1.98. The van der Waals surface area contributed by atoms with Gasteiger partial charge >= 0.3 is 0 Å². The molecule has 19 heavy (non-hydrogen) atoms. The van der Waals surface area contributed by atoms with Gasteiger partial charge in [0, 0.05) is 25.8 Å². The quantitative estimate of drug-likeness (QED) is 0.282. The summed E-state index contributed by atoms with van der Waals surface area (Å²) in [5.74, 6) is -0.0678. The molecule has 1 saturated heterocycles. The second-order valence-corrected chi connectivity index (χ2v) is 4.53. The highest BCUT2D eigenvalue weighted by Crippen LogP contribution is 2.11. The van der Waals surface area contributed by atoms with Crippen molar-refractivity contribution < 1.29 is 5.03 Å². The minimum atomic E-state index is -0.791. The highest BCUT2D eigenvalue weighted by molar-refractivity contribution is 6.29. The van der Waals surface area contributed by atoms with Crippen LogP contribution < -0.4 is 5.73 Å². The molecule has 1 aliphatic heterocycles. The van der Waals surface area contributed by atoms with Gasteiger partial charge in [0.25, 0.3) is 5.96 Å². The molecule has 2 N–H and O–H groups in total. The van der Waals surface area contributed by atoms with Crippen LogP contribution in [0.25, 0.3) is 0 Å². The van der Waals surface area contributed by atoms with E-state index < -0.39 is 5.03 Å². The largest absolute Gasteiger partial charge is 0.364 e. The Hall–Kier alpha value is -1.93. The molecule has 9 heteroatoms. The van der Waals surface area contributed by atoms with E-state index in [1.165, 1.54) is 0 Å². The SMILES string of the molecule is NC(=N[N+](=O)[O-])N1CCN(Cc2ccc(Cl)nc2)C1. The lowest BCUT2D eigenvalue weighted by Crippen LogP contribution is -2.37. The van der Waals surface area contributed by atoms with E-state index in [1.54, 1.807) is 17.2 Å². The smallest absolute Gasteiger partial charge is 0.269 e. The predicted molar refractivity (Wildman–Crippen MR) is 69.8 cm³/mol. The molecule has 1 aliphatic rings. The molecule has 1 aromatic heterocycles. The van der Waals surface area contributed by atoms with Crippen molar-refractivity contribution in [3.05, 3.63) is 39.2 Å². The average Bonchev–Trinajstić information content (AvgIpc) is 2.80. The molecule has 1 fully saturated rings. The molecular weight excluding hydrogens is 272 g/mol. The minimum Gasteiger partial charge on any atom is -0.364 e. The Morgan fingerprint density at radius 1 is 1.58 bits per heavy atom. The summed E-state index contributed by atoms with van der Waals surface area (Å²) in [6, 6.07) is 3.62. The molecule has 0 amide bonds. The molecule has 0 aliphatic carbocycles. The third kappa shape index (κ3) is 3.76. The Morgan fingerprint density at radius 2 is 2.37 bits per heavy atom. The molecule has 0 atom stereocenters. The topological polar surface area (TPSA) is 101 Å². The summed E-state index contributed by atoms with van der Waals surface area (Å²) in [6.07, 6.45) is 1.71. The lowest BCUT2D eigenvalue weighted by molar-refractivity contribution is -0.485. The van der Waals surface area contributed by atoms with Gasteiger partial charge in [0.15, 0.2) is 5.03 Å². The fraction of sp³-hybridized carbons (Fsp3) is 0.400. The van der Waals surface area contributed by atoms with Crippen LogP contribution in [0.4, 0.5) is 0 Å². The van der Waals surface area contributed by atoms with Crippen LogP contribution in [0.2, 0.25) is 5.15 Å². The monoisotopic (exact) mass is 284 g/mol. The highest BCUT2D eigenvalue weighted by Gasteiger charge is 2.23. The van der Waals surface area contributed by atoms with Gasteiger partial charge in [-0.25, -0.2) is 15.1 Å². The third-order valence-corrected chi connectivity index (χ3v) is 2.98. The summed E-state index contributed by atoms with van der Waals surface area (Å²) in [6.45, 7) is 2.57. The minimum absolute atomic E-state index is 0.0678. The molecular formula is C10H13ClN6O2. The molecule has 102 valence electrons. The van der Waals surface area contributed by atoms with Crippen molar-refractivity contribution in [1.29, 1.82) is 0 Å². The zero-order valence-corrected chi connectivity index (χ0v) is 10.8. The van der Waals surface area contributed by atoms with E-state index in [1.807, 2.05) is 6.07 Å². The van der Waals surface area contributed by atoms with Crippen LogP contribution in [0.15, 0.2) is 23.4 Å². The van der Waals surface area contributed by atoms with Gasteiger partial charge in [-0.2, -0.15) is 0 Å². The Labute approximate surface area is 114 Å². The number of aromatic nitrogens is 1. The standard InChI is InChI=1S/C10H13ClN6O2/c11-9-2-1-8(5-13-9)6-15-3-4-16(7-15)10(12)14-17(18)19/h1-2,5H,3-4,6-7H2,(H2,12,14). The van der Waals surface area contributed by atoms with Crippen molar-refractivity contribution >= 4 is 17.6 Å². The number of nitrogens with two attached hydrogens (primary N) is 1. The summed E-state index contributed by atoms with van der Waals surface area (Å²) < 4.78 is 0. The van der Waals surface area contributed by atoms with Crippen molar-refractivity contribution in [3.8, 4) is 0 Å². The van der Waals surface area contributed by atoms with Gasteiger partial charge in [0.1, 0.15) is 10.3 Å². The summed E-state index contributed by atoms with van der Waals surface area (Å²) in [5, 5.41) is 13.0. The molecule has 1 aromatic rings. The number of pyridine rings is 1. The summed E-state index contributed by atoms with van der Waals surface area (Å²) >= 11 is 5.71. The van der Waals surface area contributed by atoms with Gasteiger partial charge in [0.2, 0.25) is 0 Å². The van der Waals surface area contributed by atoms with Gasteiger partial charge < -0.3 is 10.6 Å². The van der Waals surface area contributed by atoms with Crippen LogP contribution >= 0.6 is 11.6 Å². The Kier molecular flexibility index (Phi) is 4.13. The summed E-state index contributed by atoms with van der Waals surface area (Å²) in [7, 11) is 0. The second kappa shape index (κ2) is 5.81. The van der Waals surface area contributed by atoms with Crippen LogP contribution in [0.3, 0.4) is 0 Å². The van der Waals surface area contributed by atoms with Gasteiger partial charge in [-0.1, -0.05) is 17.7 Å². The first kappa shape index (κ1) is 13.5. The zero-order chi connectivity index (χ0) is 13.8. The molecule has 0 bridgehead atoms. The molecule has 8 nitrogen and oxygen atoms in total. The van der Waals surface area contributed by atoms with Gasteiger partial charge in [-0.05, 0) is 11.6 Å². The van der Waals surface area contributed by atoms with E-state index in [0.717, 1.165) is 12.1 Å². The number of guanidine groups is 1. The molecule has 0 unspecified atom stereocenters. The first-order valence-electron chi connectivity index (χ1n) is 5.61. The molecule has 0 spiro atoms. The van der Waals surface area contributed by atoms with Crippen LogP contribution in [0.1, 0.15) is 5.56 Å². The molecule has 2 heterocycles. The van der Waals surface area contributed by atoms with E-state index in [0.29, 0.717) is 24.9 Å². The van der Waals surface area contributed by atoms with Crippen molar-refractivity contribution in [2.45, 2.75) is 6.54 Å². The summed E-state index contributed by atoms with van der Waals surface area (Å²) in [5.41, 5.74) is 6.56. The second-order valence-electron chi connectivity index (χ2n) is 4.14. The number of hydrazone groups is 1. The number of halogens is 1. The molecule has 2 rings (SSSR count). The number of hydrogen-bond acceptors (Lipinski definition) is 4. The first-order valence-corrected chi connectivity index (χ1v) is 5.98. The van der Waals surface area contributed by atoms with Crippen molar-refractivity contribution in [2.24, 2.45) is 10.8 Å². The van der Waals surface area contributed by atoms with Crippen molar-refractivity contribution in [3.63, 3.8) is 0 Å². The van der Waals surface area contributed by atoms with Crippen LogP contribution in [0.5, 0.6) is 0 Å². The molecule has 0 saturated carbocycles. The van der Waals surface area contributed by atoms with Gasteiger partial charge in [0.05, 0.1) is 6.67 Å². The lowest BCUT2D eigenvalue weighted by Gasteiger charge is -2.17. The van der Waals surface area contributed by atoms with Crippen LogP contribution in [-0.4, -0.2) is 45.5 Å². The first-order chi connectivity index (χ1) is 9.04. The van der Waals surface area contributed by atoms with Crippen LogP contribution in [0, 0.1) is 10.1 Å². The van der Waals surface area contributed by atoms with Crippen molar-refractivity contribution in [2.75, 3.05) is 19.8 Å². The molecule has 0 aromatic carbocycles. The Bertz CT molecular complexity index is 491. The lowest BCUT2D eigenvalue weighted by atomic mass is 10.3. The van der Waals surface area contributed by atoms with Crippen LogP contribution in [-0.2, 0) is 6.54 Å². The average molecular weight is 285 g/mol. The van der Waals surface area contributed by atoms with E-state index in [4.69, 9.17) is 17.3 Å². The number of nitrogens with zero attached hydrogens (tertiary/aromatic N) is 5. The highest BCUT2D eigenvalue weighted by atomic mass is 35.5. The maximum atomic E-state index is 10.2. The Balaban J connectivity index is 1.92. The van der Waals surface area contributed by atoms with Gasteiger partial charge in [-0.15, -0.1) is 0 Å². The predicted octanol–water partition coefficient (Wildman–Crippen LogP) is 0.317. The number of rotatable bonds is 3. The zero-order valence-electron chi connectivity index (χ0n) is 10.1. The fourth-order valence-electron chi connectivity index (χ4n) is 1.87. The maximum absolute atomic E-state index is 10.2. The van der Waals surface area contributed by atoms with Gasteiger partial charge in [-0.3, -0.25) is 4.90 Å².